The predicted octanol–water partition coefficient (Wildman–Crippen LogP) is 2.76. The fraction of sp³-hybridized carbons (Fsp3) is 0.111. The van der Waals surface area contributed by atoms with Crippen molar-refractivity contribution < 1.29 is 19.2 Å². The topological polar surface area (TPSA) is 86.8 Å². The van der Waals surface area contributed by atoms with Gasteiger partial charge in [0.15, 0.2) is 0 Å². The summed E-state index contributed by atoms with van der Waals surface area (Å²) in [6.07, 6.45) is 0.205. The summed E-state index contributed by atoms with van der Waals surface area (Å²) in [6, 6.07) is 10.2. The normalized spacial score (nSPS) is 21.0. The van der Waals surface area contributed by atoms with E-state index in [1.54, 1.807) is 24.3 Å². The Morgan fingerprint density at radius 1 is 1.04 bits per heavy atom. The van der Waals surface area contributed by atoms with Gasteiger partial charge in [0.25, 0.3) is 11.8 Å². The maximum absolute atomic E-state index is 13.2. The molecule has 0 aliphatic carbocycles. The fourth-order valence-electron chi connectivity index (χ4n) is 3.44. The van der Waals surface area contributed by atoms with Gasteiger partial charge in [-0.05, 0) is 23.8 Å². The molecule has 4 rings (SSSR count). The van der Waals surface area contributed by atoms with E-state index in [-0.39, 0.29) is 23.5 Å². The minimum Gasteiger partial charge on any atom is -0.323 e. The molecule has 0 saturated carbocycles. The maximum Gasteiger partial charge on any atom is 0.335 e. The minimum atomic E-state index is -2.04. The van der Waals surface area contributed by atoms with Crippen LogP contribution in [0.25, 0.3) is 0 Å². The van der Waals surface area contributed by atoms with Crippen LogP contribution in [0.2, 0.25) is 10.0 Å². The molecule has 2 aliphatic rings. The number of nitrogens with zero attached hydrogens (tertiary/aromatic N) is 2. The first kappa shape index (κ1) is 17.5. The molecule has 2 aromatic rings. The number of halogens is 2. The van der Waals surface area contributed by atoms with Crippen LogP contribution in [0.4, 0.5) is 10.5 Å². The van der Waals surface area contributed by atoms with Crippen molar-refractivity contribution in [2.75, 3.05) is 5.32 Å². The quantitative estimate of drug-likeness (QED) is 0.484. The second-order valence-corrected chi connectivity index (χ2v) is 6.92. The predicted molar refractivity (Wildman–Crippen MR) is 97.1 cm³/mol. The summed E-state index contributed by atoms with van der Waals surface area (Å²) < 4.78 is 0. The van der Waals surface area contributed by atoms with E-state index in [0.717, 1.165) is 4.90 Å². The monoisotopic (exact) mass is 403 g/mol. The summed E-state index contributed by atoms with van der Waals surface area (Å²) in [4.78, 5) is 51.9. The molecule has 5 amide bonds. The van der Waals surface area contributed by atoms with Gasteiger partial charge in [0, 0.05) is 11.3 Å². The highest BCUT2D eigenvalue weighted by molar-refractivity contribution is 6.42. The molecule has 0 radical (unpaired) electrons. The van der Waals surface area contributed by atoms with Gasteiger partial charge in [-0.2, -0.15) is 0 Å². The van der Waals surface area contributed by atoms with Gasteiger partial charge in [-0.1, -0.05) is 47.5 Å². The second-order valence-electron chi connectivity index (χ2n) is 6.11. The lowest BCUT2D eigenvalue weighted by atomic mass is 9.90. The number of anilines is 1. The van der Waals surface area contributed by atoms with Gasteiger partial charge in [-0.25, -0.2) is 9.69 Å². The molecule has 9 heteroatoms. The summed E-state index contributed by atoms with van der Waals surface area (Å²) in [5.74, 6) is -1.54. The average molecular weight is 404 g/mol. The fourth-order valence-corrected chi connectivity index (χ4v) is 3.76. The maximum atomic E-state index is 13.2. The van der Waals surface area contributed by atoms with E-state index in [0.29, 0.717) is 21.2 Å². The summed E-state index contributed by atoms with van der Waals surface area (Å²) in [6.45, 7) is -0.157. The van der Waals surface area contributed by atoms with Crippen LogP contribution in [0, 0.1) is 0 Å². The zero-order valence-electron chi connectivity index (χ0n) is 13.6. The molecule has 1 saturated heterocycles. The van der Waals surface area contributed by atoms with Crippen molar-refractivity contribution in [3.05, 3.63) is 63.6 Å². The zero-order valence-corrected chi connectivity index (χ0v) is 15.1. The number of para-hydroxylation sites is 1. The first-order valence-electron chi connectivity index (χ1n) is 7.86. The standard InChI is InChI=1S/C18H11Cl2N3O4/c19-12-6-5-10(7-13(12)20)8-22-16(26)18(23(9-24)17(22)27)11-3-1-2-4-14(11)21-15(18)25/h1-7,9H,8H2,(H,21,25)/t18-/m1/s1. The second kappa shape index (κ2) is 6.07. The van der Waals surface area contributed by atoms with Crippen LogP contribution in [0.1, 0.15) is 11.1 Å². The lowest BCUT2D eigenvalue weighted by Crippen LogP contribution is -2.51. The first-order valence-corrected chi connectivity index (χ1v) is 8.62. The lowest BCUT2D eigenvalue weighted by molar-refractivity contribution is -0.144. The molecule has 7 nitrogen and oxygen atoms in total. The number of imide groups is 2. The molecule has 1 atom stereocenters. The third-order valence-corrected chi connectivity index (χ3v) is 5.42. The first-order chi connectivity index (χ1) is 12.9. The number of hydrogen-bond acceptors (Lipinski definition) is 4. The van der Waals surface area contributed by atoms with Crippen LogP contribution < -0.4 is 5.32 Å². The van der Waals surface area contributed by atoms with Crippen molar-refractivity contribution in [2.24, 2.45) is 0 Å². The Kier molecular flexibility index (Phi) is 3.94. The van der Waals surface area contributed by atoms with E-state index in [9.17, 15) is 19.2 Å². The summed E-state index contributed by atoms with van der Waals surface area (Å²) in [5, 5.41) is 3.16. The molecule has 1 N–H and O–H groups in total. The van der Waals surface area contributed by atoms with Crippen LogP contribution in [-0.2, 0) is 26.5 Å². The zero-order chi connectivity index (χ0) is 19.3. The number of nitrogens with one attached hydrogen (secondary N) is 1. The van der Waals surface area contributed by atoms with Crippen LogP contribution in [0.15, 0.2) is 42.5 Å². The van der Waals surface area contributed by atoms with Gasteiger partial charge in [0.1, 0.15) is 0 Å². The molecular formula is C18H11Cl2N3O4. The van der Waals surface area contributed by atoms with Gasteiger partial charge in [-0.3, -0.25) is 19.3 Å². The van der Waals surface area contributed by atoms with Crippen molar-refractivity contribution in [3.63, 3.8) is 0 Å². The number of hydrogen-bond donors (Lipinski definition) is 1. The molecule has 2 aromatic carbocycles. The Balaban J connectivity index is 1.80. The van der Waals surface area contributed by atoms with Crippen LogP contribution in [0.3, 0.4) is 0 Å². The summed E-state index contributed by atoms with van der Waals surface area (Å²) in [5.41, 5.74) is -0.865. The number of fused-ring (bicyclic) bond motifs is 2. The van der Waals surface area contributed by atoms with Crippen molar-refractivity contribution >= 4 is 53.1 Å². The molecular weight excluding hydrogens is 393 g/mol. The highest BCUT2D eigenvalue weighted by Crippen LogP contribution is 2.45. The number of rotatable bonds is 3. The van der Waals surface area contributed by atoms with Crippen LogP contribution in [0.5, 0.6) is 0 Å². The minimum absolute atomic E-state index is 0.157. The Morgan fingerprint density at radius 3 is 2.48 bits per heavy atom. The summed E-state index contributed by atoms with van der Waals surface area (Å²) in [7, 11) is 0. The van der Waals surface area contributed by atoms with Crippen molar-refractivity contribution in [1.29, 1.82) is 0 Å². The van der Waals surface area contributed by atoms with E-state index >= 15 is 0 Å². The Labute approximate surface area is 163 Å². The molecule has 2 aliphatic heterocycles. The summed E-state index contributed by atoms with van der Waals surface area (Å²) >= 11 is 11.9. The number of amides is 5. The number of benzene rings is 2. The number of urea groups is 1. The Hall–Kier alpha value is -2.90. The molecule has 0 unspecified atom stereocenters. The molecule has 2 heterocycles. The van der Waals surface area contributed by atoms with Gasteiger partial charge in [0.2, 0.25) is 11.9 Å². The van der Waals surface area contributed by atoms with E-state index in [1.165, 1.54) is 18.2 Å². The van der Waals surface area contributed by atoms with Crippen molar-refractivity contribution in [2.45, 2.75) is 12.1 Å². The van der Waals surface area contributed by atoms with E-state index in [1.807, 2.05) is 0 Å². The van der Waals surface area contributed by atoms with Gasteiger partial charge >= 0.3 is 6.03 Å². The molecule has 1 spiro atoms. The van der Waals surface area contributed by atoms with Crippen LogP contribution >= 0.6 is 23.2 Å². The molecule has 0 bridgehead atoms. The SMILES string of the molecule is O=CN1C(=O)N(Cc2ccc(Cl)c(Cl)c2)C(=O)[C@@]12C(=O)Nc1ccccc12. The highest BCUT2D eigenvalue weighted by Gasteiger charge is 2.66. The van der Waals surface area contributed by atoms with Gasteiger partial charge in [-0.15, -0.1) is 0 Å². The smallest absolute Gasteiger partial charge is 0.323 e. The van der Waals surface area contributed by atoms with E-state index in [2.05, 4.69) is 5.32 Å². The van der Waals surface area contributed by atoms with Crippen molar-refractivity contribution in [1.82, 2.24) is 9.80 Å². The molecule has 136 valence electrons. The number of carbonyl (C=O) groups excluding carboxylic acids is 4. The third kappa shape index (κ3) is 2.28. The van der Waals surface area contributed by atoms with Gasteiger partial charge in [0.05, 0.1) is 16.6 Å². The largest absolute Gasteiger partial charge is 0.335 e. The third-order valence-electron chi connectivity index (χ3n) is 4.68. The number of carbonyl (C=O) groups is 4. The molecule has 27 heavy (non-hydrogen) atoms. The lowest BCUT2D eigenvalue weighted by Gasteiger charge is -2.24. The molecule has 0 aromatic heterocycles. The average Bonchev–Trinajstić information content (AvgIpc) is 3.06. The van der Waals surface area contributed by atoms with Crippen molar-refractivity contribution in [3.8, 4) is 0 Å². The Morgan fingerprint density at radius 2 is 1.78 bits per heavy atom. The highest BCUT2D eigenvalue weighted by atomic mass is 35.5. The van der Waals surface area contributed by atoms with Gasteiger partial charge < -0.3 is 5.32 Å². The van der Waals surface area contributed by atoms with E-state index in [4.69, 9.17) is 23.2 Å². The van der Waals surface area contributed by atoms with Crippen LogP contribution in [-0.4, -0.2) is 34.1 Å². The molecule has 1 fully saturated rings. The van der Waals surface area contributed by atoms with E-state index < -0.39 is 23.4 Å². The Bertz CT molecular complexity index is 1030.